The molecule has 4 nitrogen and oxygen atoms in total. The van der Waals surface area contributed by atoms with Gasteiger partial charge in [0, 0.05) is 12.6 Å². The van der Waals surface area contributed by atoms with Crippen molar-refractivity contribution in [3.63, 3.8) is 0 Å². The molecule has 5 heteroatoms. The average molecular weight is 245 g/mol. The van der Waals surface area contributed by atoms with Gasteiger partial charge in [-0.1, -0.05) is 12.1 Å². The molecule has 0 spiro atoms. The SMILES string of the molecule is CCc1noc(Cn2ccc3ccc(F)cc32)n1. The highest BCUT2D eigenvalue weighted by molar-refractivity contribution is 5.80. The van der Waals surface area contributed by atoms with Crippen LogP contribution in [0.1, 0.15) is 18.6 Å². The minimum atomic E-state index is -0.248. The first kappa shape index (κ1) is 11.0. The van der Waals surface area contributed by atoms with Gasteiger partial charge >= 0.3 is 0 Å². The lowest BCUT2D eigenvalue weighted by molar-refractivity contribution is 0.368. The Morgan fingerprint density at radius 3 is 3.00 bits per heavy atom. The van der Waals surface area contributed by atoms with Crippen molar-refractivity contribution in [2.45, 2.75) is 19.9 Å². The molecule has 18 heavy (non-hydrogen) atoms. The van der Waals surface area contributed by atoms with E-state index in [9.17, 15) is 4.39 Å². The zero-order valence-electron chi connectivity index (χ0n) is 9.93. The molecule has 0 saturated carbocycles. The topological polar surface area (TPSA) is 43.9 Å². The van der Waals surface area contributed by atoms with Crippen LogP contribution < -0.4 is 0 Å². The molecular weight excluding hydrogens is 233 g/mol. The van der Waals surface area contributed by atoms with Gasteiger partial charge in [-0.3, -0.25) is 0 Å². The second kappa shape index (κ2) is 4.25. The van der Waals surface area contributed by atoms with Crippen LogP contribution in [0.2, 0.25) is 0 Å². The van der Waals surface area contributed by atoms with Crippen LogP contribution in [0.5, 0.6) is 0 Å². The fourth-order valence-electron chi connectivity index (χ4n) is 1.94. The van der Waals surface area contributed by atoms with Gasteiger partial charge < -0.3 is 9.09 Å². The van der Waals surface area contributed by atoms with E-state index >= 15 is 0 Å². The quantitative estimate of drug-likeness (QED) is 0.712. The zero-order chi connectivity index (χ0) is 12.5. The number of benzene rings is 1. The number of hydrogen-bond acceptors (Lipinski definition) is 3. The molecule has 0 N–H and O–H groups in total. The zero-order valence-corrected chi connectivity index (χ0v) is 9.93. The number of aryl methyl sites for hydroxylation is 1. The molecule has 0 aliphatic rings. The van der Waals surface area contributed by atoms with E-state index in [2.05, 4.69) is 10.1 Å². The first-order chi connectivity index (χ1) is 8.76. The van der Waals surface area contributed by atoms with Crippen LogP contribution >= 0.6 is 0 Å². The van der Waals surface area contributed by atoms with Crippen LogP contribution in [0.25, 0.3) is 10.9 Å². The fraction of sp³-hybridized carbons (Fsp3) is 0.231. The van der Waals surface area contributed by atoms with Gasteiger partial charge in [-0.25, -0.2) is 4.39 Å². The molecule has 3 aromatic rings. The maximum absolute atomic E-state index is 13.2. The van der Waals surface area contributed by atoms with Crippen molar-refractivity contribution in [3.8, 4) is 0 Å². The highest BCUT2D eigenvalue weighted by atomic mass is 19.1. The van der Waals surface area contributed by atoms with Gasteiger partial charge in [0.15, 0.2) is 5.82 Å². The number of nitrogens with zero attached hydrogens (tertiary/aromatic N) is 3. The first-order valence-corrected chi connectivity index (χ1v) is 5.82. The number of rotatable bonds is 3. The van der Waals surface area contributed by atoms with Crippen molar-refractivity contribution in [2.24, 2.45) is 0 Å². The van der Waals surface area contributed by atoms with Gasteiger partial charge in [-0.15, -0.1) is 0 Å². The molecule has 0 bridgehead atoms. The van der Waals surface area contributed by atoms with E-state index in [-0.39, 0.29) is 5.82 Å². The van der Waals surface area contributed by atoms with Crippen LogP contribution in [0.4, 0.5) is 4.39 Å². The lowest BCUT2D eigenvalue weighted by atomic mass is 10.2. The minimum absolute atomic E-state index is 0.248. The molecule has 0 aliphatic heterocycles. The summed E-state index contributed by atoms with van der Waals surface area (Å²) >= 11 is 0. The summed E-state index contributed by atoms with van der Waals surface area (Å²) in [6.07, 6.45) is 2.63. The van der Waals surface area contributed by atoms with Crippen LogP contribution in [0, 0.1) is 5.82 Å². The van der Waals surface area contributed by atoms with Crippen molar-refractivity contribution in [3.05, 3.63) is 48.0 Å². The van der Waals surface area contributed by atoms with E-state index in [4.69, 9.17) is 4.52 Å². The predicted molar refractivity (Wildman–Crippen MR) is 64.7 cm³/mol. The summed E-state index contributed by atoms with van der Waals surface area (Å²) in [6, 6.07) is 6.65. The van der Waals surface area contributed by atoms with Crippen LogP contribution in [0.15, 0.2) is 35.0 Å². The molecule has 0 atom stereocenters. The highest BCUT2D eigenvalue weighted by Crippen LogP contribution is 2.18. The summed E-state index contributed by atoms with van der Waals surface area (Å²) in [6.45, 7) is 2.43. The van der Waals surface area contributed by atoms with Gasteiger partial charge in [0.1, 0.15) is 12.4 Å². The molecule has 0 saturated heterocycles. The predicted octanol–water partition coefficient (Wildman–Crippen LogP) is 2.77. The Bertz CT molecular complexity index is 686. The molecule has 2 aromatic heterocycles. The monoisotopic (exact) mass is 245 g/mol. The van der Waals surface area contributed by atoms with Crippen molar-refractivity contribution in [2.75, 3.05) is 0 Å². The highest BCUT2D eigenvalue weighted by Gasteiger charge is 2.08. The molecule has 0 radical (unpaired) electrons. The second-order valence-corrected chi connectivity index (χ2v) is 4.10. The summed E-state index contributed by atoms with van der Waals surface area (Å²) < 4.78 is 20.3. The van der Waals surface area contributed by atoms with E-state index in [1.807, 2.05) is 23.8 Å². The van der Waals surface area contributed by atoms with E-state index in [0.29, 0.717) is 18.3 Å². The molecular formula is C13H12FN3O. The Morgan fingerprint density at radius 1 is 1.33 bits per heavy atom. The first-order valence-electron chi connectivity index (χ1n) is 5.82. The molecule has 92 valence electrons. The van der Waals surface area contributed by atoms with E-state index in [0.717, 1.165) is 17.3 Å². The molecule has 2 heterocycles. The Hall–Kier alpha value is -2.17. The second-order valence-electron chi connectivity index (χ2n) is 4.10. The van der Waals surface area contributed by atoms with Crippen LogP contribution in [-0.2, 0) is 13.0 Å². The standard InChI is InChI=1S/C13H12FN3O/c1-2-12-15-13(18-16-12)8-17-6-5-9-3-4-10(14)7-11(9)17/h3-7H,2,8H2,1H3. The fourth-order valence-corrected chi connectivity index (χ4v) is 1.94. The molecule has 1 aromatic carbocycles. The maximum Gasteiger partial charge on any atom is 0.246 e. The minimum Gasteiger partial charge on any atom is -0.338 e. The Balaban J connectivity index is 1.96. The molecule has 0 aliphatic carbocycles. The van der Waals surface area contributed by atoms with Crippen molar-refractivity contribution in [1.29, 1.82) is 0 Å². The van der Waals surface area contributed by atoms with Crippen LogP contribution in [0.3, 0.4) is 0 Å². The normalized spacial score (nSPS) is 11.2. The average Bonchev–Trinajstić information content (AvgIpc) is 2.97. The van der Waals surface area contributed by atoms with Crippen molar-refractivity contribution in [1.82, 2.24) is 14.7 Å². The number of fused-ring (bicyclic) bond motifs is 1. The Labute approximate surface area is 103 Å². The van der Waals surface area contributed by atoms with E-state index < -0.39 is 0 Å². The molecule has 0 unspecified atom stereocenters. The maximum atomic E-state index is 13.2. The molecule has 3 rings (SSSR count). The van der Waals surface area contributed by atoms with Gasteiger partial charge in [-0.2, -0.15) is 4.98 Å². The number of halogens is 1. The number of hydrogen-bond donors (Lipinski definition) is 0. The largest absolute Gasteiger partial charge is 0.338 e. The summed E-state index contributed by atoms with van der Waals surface area (Å²) in [4.78, 5) is 4.24. The van der Waals surface area contributed by atoms with E-state index in [1.165, 1.54) is 12.1 Å². The lowest BCUT2D eigenvalue weighted by Gasteiger charge is -2.01. The summed E-state index contributed by atoms with van der Waals surface area (Å²) in [5.74, 6) is 0.975. The third-order valence-corrected chi connectivity index (χ3v) is 2.87. The molecule has 0 fully saturated rings. The Morgan fingerprint density at radius 2 is 2.22 bits per heavy atom. The number of aromatic nitrogens is 3. The molecule has 0 amide bonds. The Kier molecular flexibility index (Phi) is 2.59. The summed E-state index contributed by atoms with van der Waals surface area (Å²) in [5.41, 5.74) is 0.825. The van der Waals surface area contributed by atoms with Gasteiger partial charge in [0.25, 0.3) is 0 Å². The van der Waals surface area contributed by atoms with Crippen LogP contribution in [-0.4, -0.2) is 14.7 Å². The smallest absolute Gasteiger partial charge is 0.246 e. The van der Waals surface area contributed by atoms with Crippen molar-refractivity contribution >= 4 is 10.9 Å². The van der Waals surface area contributed by atoms with Crippen molar-refractivity contribution < 1.29 is 8.91 Å². The van der Waals surface area contributed by atoms with Gasteiger partial charge in [-0.05, 0) is 29.7 Å². The summed E-state index contributed by atoms with van der Waals surface area (Å²) in [5, 5.41) is 4.83. The van der Waals surface area contributed by atoms with Gasteiger partial charge in [0.05, 0.1) is 5.52 Å². The van der Waals surface area contributed by atoms with E-state index in [1.54, 1.807) is 6.07 Å². The third-order valence-electron chi connectivity index (χ3n) is 2.87. The van der Waals surface area contributed by atoms with Gasteiger partial charge in [0.2, 0.25) is 5.89 Å². The third kappa shape index (κ3) is 1.88. The summed E-state index contributed by atoms with van der Waals surface area (Å²) in [7, 11) is 0. The lowest BCUT2D eigenvalue weighted by Crippen LogP contribution is -1.98.